The molecule has 0 aliphatic rings. The molecular formula is C24H34O2. The molecule has 142 valence electrons. The minimum Gasteiger partial charge on any atom is -0.494 e. The molecule has 0 saturated carbocycles. The van der Waals surface area contributed by atoms with Gasteiger partial charge in [0.1, 0.15) is 17.2 Å². The third-order valence-electron chi connectivity index (χ3n) is 4.57. The third kappa shape index (κ3) is 8.94. The molecule has 26 heavy (non-hydrogen) atoms. The monoisotopic (exact) mass is 354 g/mol. The average molecular weight is 355 g/mol. The molecule has 0 N–H and O–H groups in total. The number of hydrogen-bond acceptors (Lipinski definition) is 2. The summed E-state index contributed by atoms with van der Waals surface area (Å²) in [5, 5.41) is 0. The number of benzene rings is 2. The molecule has 2 heteroatoms. The van der Waals surface area contributed by atoms with E-state index in [0.717, 1.165) is 30.3 Å². The summed E-state index contributed by atoms with van der Waals surface area (Å²) in [6.07, 6.45) is 13.5. The third-order valence-corrected chi connectivity index (χ3v) is 4.57. The maximum absolute atomic E-state index is 5.83. The molecule has 0 heterocycles. The molecule has 2 nitrogen and oxygen atoms in total. The van der Waals surface area contributed by atoms with Crippen molar-refractivity contribution in [2.45, 2.75) is 71.1 Å². The Morgan fingerprint density at radius 1 is 0.538 bits per heavy atom. The Morgan fingerprint density at radius 2 is 1.04 bits per heavy atom. The van der Waals surface area contributed by atoms with Crippen LogP contribution < -0.4 is 9.47 Å². The van der Waals surface area contributed by atoms with E-state index in [1.807, 2.05) is 54.6 Å². The van der Waals surface area contributed by atoms with Gasteiger partial charge in [0.2, 0.25) is 0 Å². The molecule has 0 amide bonds. The molecule has 0 bridgehead atoms. The first-order valence-corrected chi connectivity index (χ1v) is 10.3. The molecule has 2 aromatic carbocycles. The predicted molar refractivity (Wildman–Crippen MR) is 110 cm³/mol. The summed E-state index contributed by atoms with van der Waals surface area (Å²) in [5.41, 5.74) is 0. The van der Waals surface area contributed by atoms with Crippen LogP contribution in [0.25, 0.3) is 0 Å². The van der Waals surface area contributed by atoms with Gasteiger partial charge in [-0.1, -0.05) is 82.9 Å². The smallest absolute Gasteiger partial charge is 0.127 e. The van der Waals surface area contributed by atoms with Crippen molar-refractivity contribution in [1.29, 1.82) is 0 Å². The largest absolute Gasteiger partial charge is 0.494 e. The minimum atomic E-state index is 0.801. The molecule has 2 rings (SSSR count). The van der Waals surface area contributed by atoms with Crippen LogP contribution in [0.4, 0.5) is 0 Å². The molecule has 0 fully saturated rings. The molecule has 0 radical (unpaired) electrons. The number of rotatable bonds is 14. The second-order valence-electron chi connectivity index (χ2n) is 6.92. The lowest BCUT2D eigenvalue weighted by Crippen LogP contribution is -1.97. The van der Waals surface area contributed by atoms with Crippen molar-refractivity contribution in [2.75, 3.05) is 6.61 Å². The molecule has 0 aliphatic heterocycles. The van der Waals surface area contributed by atoms with Gasteiger partial charge in [-0.3, -0.25) is 0 Å². The maximum atomic E-state index is 5.83. The Kier molecular flexibility index (Phi) is 10.4. The number of hydrogen-bond donors (Lipinski definition) is 0. The van der Waals surface area contributed by atoms with E-state index in [2.05, 4.69) is 6.92 Å². The number of ether oxygens (including phenoxy) is 2. The lowest BCUT2D eigenvalue weighted by atomic mass is 10.1. The summed E-state index contributed by atoms with van der Waals surface area (Å²) in [7, 11) is 0. The highest BCUT2D eigenvalue weighted by molar-refractivity contribution is 5.35. The molecule has 0 aliphatic carbocycles. The van der Waals surface area contributed by atoms with Crippen LogP contribution in [0.5, 0.6) is 17.2 Å². The topological polar surface area (TPSA) is 18.5 Å². The van der Waals surface area contributed by atoms with Crippen molar-refractivity contribution in [3.63, 3.8) is 0 Å². The average Bonchev–Trinajstić information content (AvgIpc) is 2.68. The highest BCUT2D eigenvalue weighted by atomic mass is 16.5. The normalized spacial score (nSPS) is 10.7. The van der Waals surface area contributed by atoms with E-state index in [1.54, 1.807) is 0 Å². The summed E-state index contributed by atoms with van der Waals surface area (Å²) in [5.74, 6) is 2.61. The fourth-order valence-corrected chi connectivity index (χ4v) is 3.01. The van der Waals surface area contributed by atoms with Crippen molar-refractivity contribution >= 4 is 0 Å². The van der Waals surface area contributed by atoms with Crippen LogP contribution in [0.15, 0.2) is 54.6 Å². The molecule has 0 unspecified atom stereocenters. The van der Waals surface area contributed by atoms with Gasteiger partial charge in [0.25, 0.3) is 0 Å². The lowest BCUT2D eigenvalue weighted by molar-refractivity contribution is 0.304. The molecule has 0 atom stereocenters. The summed E-state index contributed by atoms with van der Waals surface area (Å²) < 4.78 is 11.6. The fourth-order valence-electron chi connectivity index (χ4n) is 3.01. The van der Waals surface area contributed by atoms with Crippen molar-refractivity contribution in [2.24, 2.45) is 0 Å². The first kappa shape index (κ1) is 20.4. The predicted octanol–water partition coefficient (Wildman–Crippen LogP) is 7.78. The summed E-state index contributed by atoms with van der Waals surface area (Å²) in [6.45, 7) is 3.07. The zero-order valence-corrected chi connectivity index (χ0v) is 16.3. The molecular weight excluding hydrogens is 320 g/mol. The van der Waals surface area contributed by atoms with Crippen LogP contribution in [-0.4, -0.2) is 6.61 Å². The van der Waals surface area contributed by atoms with E-state index in [0.29, 0.717) is 0 Å². The van der Waals surface area contributed by atoms with Gasteiger partial charge in [0.15, 0.2) is 0 Å². The van der Waals surface area contributed by atoms with Gasteiger partial charge in [0.05, 0.1) is 6.61 Å². The van der Waals surface area contributed by atoms with E-state index in [1.165, 1.54) is 57.8 Å². The van der Waals surface area contributed by atoms with Gasteiger partial charge in [0, 0.05) is 0 Å². The Bertz CT molecular complexity index is 563. The first-order valence-electron chi connectivity index (χ1n) is 10.3. The van der Waals surface area contributed by atoms with Crippen molar-refractivity contribution in [3.05, 3.63) is 54.6 Å². The Hall–Kier alpha value is -1.96. The highest BCUT2D eigenvalue weighted by Gasteiger charge is 1.99. The SMILES string of the molecule is CCCCCCCCCCCCOc1ccc(Oc2ccccc2)cc1. The molecule has 2 aromatic rings. The molecule has 0 spiro atoms. The number of unbranched alkanes of at least 4 members (excludes halogenated alkanes) is 9. The van der Waals surface area contributed by atoms with Crippen LogP contribution in [0.3, 0.4) is 0 Å². The highest BCUT2D eigenvalue weighted by Crippen LogP contribution is 2.23. The second kappa shape index (κ2) is 13.3. The van der Waals surface area contributed by atoms with Gasteiger partial charge in [-0.05, 0) is 42.8 Å². The van der Waals surface area contributed by atoms with Crippen LogP contribution >= 0.6 is 0 Å². The van der Waals surface area contributed by atoms with E-state index < -0.39 is 0 Å². The summed E-state index contributed by atoms with van der Waals surface area (Å²) in [4.78, 5) is 0. The maximum Gasteiger partial charge on any atom is 0.127 e. The van der Waals surface area contributed by atoms with Gasteiger partial charge < -0.3 is 9.47 Å². The fraction of sp³-hybridized carbons (Fsp3) is 0.500. The van der Waals surface area contributed by atoms with E-state index >= 15 is 0 Å². The van der Waals surface area contributed by atoms with Crippen molar-refractivity contribution in [3.8, 4) is 17.2 Å². The van der Waals surface area contributed by atoms with Gasteiger partial charge >= 0.3 is 0 Å². The standard InChI is InChI=1S/C24H34O2/c1-2-3-4-5-6-7-8-9-10-14-21-25-22-17-19-24(20-18-22)26-23-15-12-11-13-16-23/h11-13,15-20H,2-10,14,21H2,1H3. The van der Waals surface area contributed by atoms with Crippen LogP contribution in [0.2, 0.25) is 0 Å². The van der Waals surface area contributed by atoms with Gasteiger partial charge in [-0.2, -0.15) is 0 Å². The first-order chi connectivity index (χ1) is 12.9. The van der Waals surface area contributed by atoms with Crippen molar-refractivity contribution in [1.82, 2.24) is 0 Å². The molecule has 0 aromatic heterocycles. The van der Waals surface area contributed by atoms with Crippen LogP contribution in [0, 0.1) is 0 Å². The zero-order chi connectivity index (χ0) is 18.3. The zero-order valence-electron chi connectivity index (χ0n) is 16.3. The van der Waals surface area contributed by atoms with Gasteiger partial charge in [-0.25, -0.2) is 0 Å². The van der Waals surface area contributed by atoms with Gasteiger partial charge in [-0.15, -0.1) is 0 Å². The summed E-state index contributed by atoms with van der Waals surface area (Å²) >= 11 is 0. The van der Waals surface area contributed by atoms with E-state index in [4.69, 9.17) is 9.47 Å². The second-order valence-corrected chi connectivity index (χ2v) is 6.92. The lowest BCUT2D eigenvalue weighted by Gasteiger charge is -2.08. The minimum absolute atomic E-state index is 0.801. The Morgan fingerprint density at radius 3 is 1.65 bits per heavy atom. The van der Waals surface area contributed by atoms with Crippen LogP contribution in [-0.2, 0) is 0 Å². The van der Waals surface area contributed by atoms with E-state index in [-0.39, 0.29) is 0 Å². The van der Waals surface area contributed by atoms with E-state index in [9.17, 15) is 0 Å². The number of para-hydroxylation sites is 1. The Labute approximate surface area is 159 Å². The molecule has 0 saturated heterocycles. The summed E-state index contributed by atoms with van der Waals surface area (Å²) in [6, 6.07) is 17.7. The van der Waals surface area contributed by atoms with Crippen molar-refractivity contribution < 1.29 is 9.47 Å². The van der Waals surface area contributed by atoms with Crippen LogP contribution in [0.1, 0.15) is 71.1 Å². The quantitative estimate of drug-likeness (QED) is 0.322. The Balaban J connectivity index is 1.49.